The van der Waals surface area contributed by atoms with Crippen LogP contribution in [0.15, 0.2) is 18.2 Å². The van der Waals surface area contributed by atoms with Crippen LogP contribution in [0.1, 0.15) is 25.8 Å². The van der Waals surface area contributed by atoms with E-state index in [1.54, 1.807) is 23.1 Å². The van der Waals surface area contributed by atoms with Crippen LogP contribution in [0.3, 0.4) is 0 Å². The lowest BCUT2D eigenvalue weighted by atomic mass is 9.98. The number of nitrogens with one attached hydrogen (secondary N) is 3. The molecule has 26 heavy (non-hydrogen) atoms. The minimum Gasteiger partial charge on any atom is -0.342 e. The van der Waals surface area contributed by atoms with Gasteiger partial charge in [-0.2, -0.15) is 0 Å². The van der Waals surface area contributed by atoms with E-state index >= 15 is 0 Å². The number of halogens is 1. The largest absolute Gasteiger partial charge is 0.342 e. The van der Waals surface area contributed by atoms with E-state index in [2.05, 4.69) is 16.0 Å². The second kappa shape index (κ2) is 7.15. The summed E-state index contributed by atoms with van der Waals surface area (Å²) < 4.78 is 0. The Morgan fingerprint density at radius 1 is 1.35 bits per heavy atom. The van der Waals surface area contributed by atoms with Gasteiger partial charge in [-0.15, -0.1) is 0 Å². The first-order chi connectivity index (χ1) is 12.3. The van der Waals surface area contributed by atoms with E-state index in [0.29, 0.717) is 23.7 Å². The maximum Gasteiger partial charge on any atom is 0.319 e. The number of urea groups is 1. The van der Waals surface area contributed by atoms with Crippen LogP contribution in [0.4, 0.5) is 10.5 Å². The lowest BCUT2D eigenvalue weighted by Crippen LogP contribution is -2.62. The number of hydrogen-bond acceptors (Lipinski definition) is 3. The third kappa shape index (κ3) is 3.49. The fourth-order valence-corrected chi connectivity index (χ4v) is 3.64. The molecule has 3 N–H and O–H groups in total. The van der Waals surface area contributed by atoms with Gasteiger partial charge in [0.1, 0.15) is 12.1 Å². The minimum atomic E-state index is -0.518. The number of carbonyl (C=O) groups excluding carboxylic acids is 3. The van der Waals surface area contributed by atoms with Crippen molar-refractivity contribution in [2.45, 2.75) is 45.3 Å². The fourth-order valence-electron chi connectivity index (χ4n) is 3.46. The van der Waals surface area contributed by atoms with Gasteiger partial charge in [-0.3, -0.25) is 9.59 Å². The Morgan fingerprint density at radius 3 is 2.77 bits per heavy atom. The highest BCUT2D eigenvalue weighted by Crippen LogP contribution is 2.26. The molecule has 140 valence electrons. The standard InChI is InChI=1S/C18H23ClN4O3/c1-9(2)15-17(25)23-8-11(7-14(23)16(24)22-15)20-18(26)21-13-6-4-5-12(19)10(13)3/h4-6,9,11,14-15H,7-8H2,1-3H3,(H,22,24)(H2,20,21,26)/t11-,14-,15-/m0/s1. The van der Waals surface area contributed by atoms with Crippen molar-refractivity contribution in [3.8, 4) is 0 Å². The molecule has 8 heteroatoms. The van der Waals surface area contributed by atoms with Gasteiger partial charge in [-0.1, -0.05) is 31.5 Å². The normalized spacial score (nSPS) is 25.1. The van der Waals surface area contributed by atoms with Gasteiger partial charge in [-0.25, -0.2) is 4.79 Å². The summed E-state index contributed by atoms with van der Waals surface area (Å²) in [5.74, 6) is -0.216. The van der Waals surface area contributed by atoms with Crippen LogP contribution in [0.25, 0.3) is 0 Å². The molecule has 2 aliphatic heterocycles. The molecule has 1 aromatic carbocycles. The van der Waals surface area contributed by atoms with Crippen LogP contribution >= 0.6 is 11.6 Å². The molecule has 2 fully saturated rings. The number of benzene rings is 1. The van der Waals surface area contributed by atoms with Crippen molar-refractivity contribution >= 4 is 35.1 Å². The summed E-state index contributed by atoms with van der Waals surface area (Å²) in [6, 6.07) is 3.60. The SMILES string of the molecule is Cc1c(Cl)cccc1NC(=O)N[C@H]1C[C@H]2C(=O)N[C@@H](C(C)C)C(=O)N2C1. The second-order valence-corrected chi connectivity index (χ2v) is 7.59. The Bertz CT molecular complexity index is 752. The first-order valence-electron chi connectivity index (χ1n) is 8.71. The second-order valence-electron chi connectivity index (χ2n) is 7.18. The molecule has 2 aliphatic rings. The molecular weight excluding hydrogens is 356 g/mol. The average Bonchev–Trinajstić information content (AvgIpc) is 2.99. The van der Waals surface area contributed by atoms with E-state index in [9.17, 15) is 14.4 Å². The number of hydrogen-bond donors (Lipinski definition) is 3. The molecule has 1 aromatic rings. The molecule has 0 aromatic heterocycles. The van der Waals surface area contributed by atoms with Crippen molar-refractivity contribution in [1.82, 2.24) is 15.5 Å². The van der Waals surface area contributed by atoms with Gasteiger partial charge in [-0.05, 0) is 37.0 Å². The van der Waals surface area contributed by atoms with Crippen LogP contribution < -0.4 is 16.0 Å². The molecule has 4 amide bonds. The van der Waals surface area contributed by atoms with Gasteiger partial charge in [0.25, 0.3) is 0 Å². The van der Waals surface area contributed by atoms with E-state index in [1.165, 1.54) is 0 Å². The zero-order valence-electron chi connectivity index (χ0n) is 15.0. The Balaban J connectivity index is 1.64. The molecule has 0 unspecified atom stereocenters. The summed E-state index contributed by atoms with van der Waals surface area (Å²) in [5.41, 5.74) is 1.40. The Labute approximate surface area is 157 Å². The number of fused-ring (bicyclic) bond motifs is 1. The Hall–Kier alpha value is -2.28. The molecule has 0 aliphatic carbocycles. The predicted molar refractivity (Wildman–Crippen MR) is 99.0 cm³/mol. The summed E-state index contributed by atoms with van der Waals surface area (Å²) in [7, 11) is 0. The summed E-state index contributed by atoms with van der Waals surface area (Å²) in [5, 5.41) is 8.98. The van der Waals surface area contributed by atoms with Crippen molar-refractivity contribution in [3.63, 3.8) is 0 Å². The zero-order chi connectivity index (χ0) is 19.0. The van der Waals surface area contributed by atoms with Crippen LogP contribution in [0, 0.1) is 12.8 Å². The summed E-state index contributed by atoms with van der Waals surface area (Å²) in [4.78, 5) is 38.7. The van der Waals surface area contributed by atoms with Gasteiger partial charge in [0.15, 0.2) is 0 Å². The van der Waals surface area contributed by atoms with Gasteiger partial charge < -0.3 is 20.9 Å². The molecule has 0 spiro atoms. The lowest BCUT2D eigenvalue weighted by molar-refractivity contribution is -0.148. The Kier molecular flexibility index (Phi) is 5.09. The van der Waals surface area contributed by atoms with Gasteiger partial charge in [0, 0.05) is 17.3 Å². The van der Waals surface area contributed by atoms with Crippen molar-refractivity contribution in [2.24, 2.45) is 5.92 Å². The number of nitrogens with zero attached hydrogens (tertiary/aromatic N) is 1. The van der Waals surface area contributed by atoms with Crippen molar-refractivity contribution in [1.29, 1.82) is 0 Å². The maximum absolute atomic E-state index is 12.6. The van der Waals surface area contributed by atoms with Crippen molar-refractivity contribution < 1.29 is 14.4 Å². The highest BCUT2D eigenvalue weighted by molar-refractivity contribution is 6.31. The summed E-state index contributed by atoms with van der Waals surface area (Å²) >= 11 is 6.06. The molecule has 2 heterocycles. The van der Waals surface area contributed by atoms with Crippen LogP contribution in [0.2, 0.25) is 5.02 Å². The molecule has 0 bridgehead atoms. The third-order valence-corrected chi connectivity index (χ3v) is 5.38. The molecule has 0 saturated carbocycles. The van der Waals surface area contributed by atoms with Gasteiger partial charge in [0.2, 0.25) is 11.8 Å². The number of piperazine rings is 1. The average molecular weight is 379 g/mol. The molecular formula is C18H23ClN4O3. The smallest absolute Gasteiger partial charge is 0.319 e. The van der Waals surface area contributed by atoms with Crippen LogP contribution in [0.5, 0.6) is 0 Å². The maximum atomic E-state index is 12.6. The first kappa shape index (κ1) is 18.5. The summed E-state index contributed by atoms with van der Waals surface area (Å²) in [6.45, 7) is 5.95. The van der Waals surface area contributed by atoms with E-state index in [1.807, 2.05) is 20.8 Å². The number of carbonyl (C=O) groups is 3. The topological polar surface area (TPSA) is 90.5 Å². The molecule has 0 radical (unpaired) electrons. The van der Waals surface area contributed by atoms with Crippen molar-refractivity contribution in [2.75, 3.05) is 11.9 Å². The van der Waals surface area contributed by atoms with Gasteiger partial charge in [0.05, 0.1) is 6.04 Å². The van der Waals surface area contributed by atoms with E-state index in [-0.39, 0.29) is 29.8 Å². The highest BCUT2D eigenvalue weighted by Gasteiger charge is 2.47. The molecule has 3 atom stereocenters. The monoisotopic (exact) mass is 378 g/mol. The molecule has 7 nitrogen and oxygen atoms in total. The fraction of sp³-hybridized carbons (Fsp3) is 0.500. The van der Waals surface area contributed by atoms with Crippen LogP contribution in [-0.4, -0.2) is 47.4 Å². The van der Waals surface area contributed by atoms with Gasteiger partial charge >= 0.3 is 6.03 Å². The van der Waals surface area contributed by atoms with E-state index in [0.717, 1.165) is 5.56 Å². The number of rotatable bonds is 3. The molecule has 2 saturated heterocycles. The zero-order valence-corrected chi connectivity index (χ0v) is 15.8. The lowest BCUT2D eigenvalue weighted by Gasteiger charge is -2.36. The van der Waals surface area contributed by atoms with Crippen LogP contribution in [-0.2, 0) is 9.59 Å². The molecule has 3 rings (SSSR count). The van der Waals surface area contributed by atoms with E-state index in [4.69, 9.17) is 11.6 Å². The summed E-state index contributed by atoms with van der Waals surface area (Å²) in [6.07, 6.45) is 0.407. The van der Waals surface area contributed by atoms with Crippen molar-refractivity contribution in [3.05, 3.63) is 28.8 Å². The first-order valence-corrected chi connectivity index (χ1v) is 9.09. The predicted octanol–water partition coefficient (Wildman–Crippen LogP) is 1.89. The number of anilines is 1. The van der Waals surface area contributed by atoms with E-state index < -0.39 is 12.1 Å². The Morgan fingerprint density at radius 2 is 2.08 bits per heavy atom. The third-order valence-electron chi connectivity index (χ3n) is 4.97. The number of amides is 4. The quantitative estimate of drug-likeness (QED) is 0.750. The minimum absolute atomic E-state index is 0.0218. The highest BCUT2D eigenvalue weighted by atomic mass is 35.5.